The van der Waals surface area contributed by atoms with Crippen LogP contribution < -0.4 is 10.4 Å². The van der Waals surface area contributed by atoms with Crippen LogP contribution in [-0.2, 0) is 26.6 Å². The van der Waals surface area contributed by atoms with E-state index in [1.54, 1.807) is 42.7 Å². The normalized spacial score (nSPS) is 12.1. The minimum absolute atomic E-state index is 1.00. The molecule has 0 spiro atoms. The van der Waals surface area contributed by atoms with Crippen molar-refractivity contribution in [3.63, 3.8) is 0 Å². The molecule has 0 N–H and O–H groups in total. The average molecular weight is 597 g/mol. The van der Waals surface area contributed by atoms with Gasteiger partial charge in [0.1, 0.15) is 0 Å². The molecule has 6 rings (SSSR count). The zero-order valence-electron chi connectivity index (χ0n) is 24.8. The van der Waals surface area contributed by atoms with Crippen molar-refractivity contribution in [2.75, 3.05) is 42.7 Å². The molecule has 6 nitrogen and oxygen atoms in total. The van der Waals surface area contributed by atoms with Gasteiger partial charge in [-0.05, 0) is 55.2 Å². The number of hydrogen-bond donors (Lipinski definition) is 0. The molecule has 42 heavy (non-hydrogen) atoms. The van der Waals surface area contributed by atoms with E-state index in [1.807, 2.05) is 42.5 Å². The molecule has 0 fully saturated rings. The molecular weight excluding hydrogens is 561 g/mol. The Kier molecular flexibility index (Phi) is 9.17. The van der Waals surface area contributed by atoms with Crippen molar-refractivity contribution < 1.29 is 26.6 Å². The average Bonchev–Trinajstić information content (AvgIpc) is 3.06. The van der Waals surface area contributed by atoms with Gasteiger partial charge in [-0.1, -0.05) is 97.1 Å². The first-order valence-corrected chi connectivity index (χ1v) is 17.1. The third-order valence-corrected chi connectivity index (χ3v) is 13.2. The Bertz CT molecular complexity index is 1750. The molecule has 6 aromatic carbocycles. The van der Waals surface area contributed by atoms with Crippen LogP contribution in [0.5, 0.6) is 0 Å². The van der Waals surface area contributed by atoms with E-state index in [0.717, 1.165) is 42.7 Å². The Labute approximate surface area is 249 Å². The molecule has 0 aliphatic rings. The van der Waals surface area contributed by atoms with Crippen molar-refractivity contribution in [1.29, 1.82) is 0 Å². The molecule has 8 heteroatoms. The minimum Gasteiger partial charge on any atom is -0.373 e. The maximum atomic E-state index is 5.73. The lowest BCUT2D eigenvalue weighted by Gasteiger charge is -2.27. The molecule has 0 atom stereocenters. The van der Waals surface area contributed by atoms with Crippen LogP contribution in [0.4, 0.5) is 0 Å². The summed E-state index contributed by atoms with van der Waals surface area (Å²) in [6.45, 7) is 0. The Morgan fingerprint density at radius 2 is 0.714 bits per heavy atom. The fraction of sp³-hybridized carbons (Fsp3) is 0.176. The first-order valence-electron chi connectivity index (χ1n) is 13.6. The third kappa shape index (κ3) is 5.17. The summed E-state index contributed by atoms with van der Waals surface area (Å²) < 4.78 is 34.2. The molecule has 0 unspecified atom stereocenters. The first kappa shape index (κ1) is 30.0. The van der Waals surface area contributed by atoms with Crippen LogP contribution in [0, 0.1) is 0 Å². The first-order chi connectivity index (χ1) is 20.5. The number of fused-ring (bicyclic) bond motifs is 5. The highest BCUT2D eigenvalue weighted by molar-refractivity contribution is 6.80. The van der Waals surface area contributed by atoms with E-state index >= 15 is 0 Å². The van der Waals surface area contributed by atoms with Crippen LogP contribution in [0.2, 0.25) is 0 Å². The molecule has 0 amide bonds. The van der Waals surface area contributed by atoms with E-state index < -0.39 is 17.6 Å². The summed E-state index contributed by atoms with van der Waals surface area (Å²) in [6.07, 6.45) is 0. The standard InChI is InChI=1S/2C17H18O3Si/c1-18-21(19-2,20-3)17-15-10-6-4-8-13(15)12-14-9-5-7-11-16(14)17;1-18-21(19-2,20-3)17-12-13-8-4-5-9-14(13)15-10-6-7-11-16(15)17/h2*4-12H,1-3H3. The van der Waals surface area contributed by atoms with Gasteiger partial charge in [0.15, 0.2) is 0 Å². The molecule has 0 aromatic heterocycles. The summed E-state index contributed by atoms with van der Waals surface area (Å²) in [4.78, 5) is 0. The fourth-order valence-corrected chi connectivity index (χ4v) is 10.1. The molecule has 0 heterocycles. The predicted octanol–water partition coefficient (Wildman–Crippen LogP) is 6.16. The highest BCUT2D eigenvalue weighted by Crippen LogP contribution is 2.27. The Morgan fingerprint density at radius 3 is 1.17 bits per heavy atom. The monoisotopic (exact) mass is 596 g/mol. The van der Waals surface area contributed by atoms with Crippen LogP contribution in [0.15, 0.2) is 109 Å². The van der Waals surface area contributed by atoms with Gasteiger partial charge in [0.25, 0.3) is 0 Å². The van der Waals surface area contributed by atoms with E-state index in [2.05, 4.69) is 66.7 Å². The van der Waals surface area contributed by atoms with Crippen LogP contribution >= 0.6 is 0 Å². The highest BCUT2D eigenvalue weighted by atomic mass is 28.4. The van der Waals surface area contributed by atoms with Gasteiger partial charge in [-0.15, -0.1) is 0 Å². The predicted molar refractivity (Wildman–Crippen MR) is 176 cm³/mol. The van der Waals surface area contributed by atoms with Gasteiger partial charge < -0.3 is 26.6 Å². The van der Waals surface area contributed by atoms with Crippen molar-refractivity contribution in [2.45, 2.75) is 0 Å². The SMILES string of the molecule is CO[Si](OC)(OC)c1c2ccccc2cc2ccccc12.CO[Si](OC)(OC)c1cc2ccccc2c2ccccc12. The van der Waals surface area contributed by atoms with Gasteiger partial charge in [0.05, 0.1) is 0 Å². The topological polar surface area (TPSA) is 55.4 Å². The summed E-state index contributed by atoms with van der Waals surface area (Å²) in [5.74, 6) is 0. The molecule has 0 saturated carbocycles. The maximum Gasteiger partial charge on any atom is 0.537 e. The minimum atomic E-state index is -2.92. The Morgan fingerprint density at radius 1 is 0.357 bits per heavy atom. The van der Waals surface area contributed by atoms with Crippen molar-refractivity contribution in [2.24, 2.45) is 0 Å². The van der Waals surface area contributed by atoms with Crippen LogP contribution in [0.3, 0.4) is 0 Å². The largest absolute Gasteiger partial charge is 0.537 e. The van der Waals surface area contributed by atoms with Gasteiger partial charge in [0, 0.05) is 53.0 Å². The van der Waals surface area contributed by atoms with Gasteiger partial charge >= 0.3 is 17.6 Å². The lowest BCUT2D eigenvalue weighted by Crippen LogP contribution is -2.55. The molecule has 216 valence electrons. The van der Waals surface area contributed by atoms with Crippen LogP contribution in [0.1, 0.15) is 0 Å². The Hall–Kier alpha value is -3.45. The van der Waals surface area contributed by atoms with E-state index in [4.69, 9.17) is 26.6 Å². The van der Waals surface area contributed by atoms with E-state index in [-0.39, 0.29) is 0 Å². The van der Waals surface area contributed by atoms with Gasteiger partial charge in [-0.25, -0.2) is 0 Å². The number of rotatable bonds is 8. The van der Waals surface area contributed by atoms with Gasteiger partial charge in [-0.3, -0.25) is 0 Å². The van der Waals surface area contributed by atoms with E-state index in [0.29, 0.717) is 0 Å². The number of benzene rings is 6. The smallest absolute Gasteiger partial charge is 0.373 e. The van der Waals surface area contributed by atoms with Crippen molar-refractivity contribution in [3.05, 3.63) is 109 Å². The summed E-state index contributed by atoms with van der Waals surface area (Å²) in [5.41, 5.74) is 0. The zero-order chi connectivity index (χ0) is 29.7. The fourth-order valence-electron chi connectivity index (χ4n) is 5.79. The highest BCUT2D eigenvalue weighted by Gasteiger charge is 2.44. The summed E-state index contributed by atoms with van der Waals surface area (Å²) >= 11 is 0. The van der Waals surface area contributed by atoms with Crippen molar-refractivity contribution in [3.8, 4) is 0 Å². The maximum absolute atomic E-state index is 5.73. The van der Waals surface area contributed by atoms with Crippen LogP contribution in [-0.4, -0.2) is 60.3 Å². The molecule has 0 aliphatic heterocycles. The second-order valence-corrected chi connectivity index (χ2v) is 15.4. The summed E-state index contributed by atoms with van der Waals surface area (Å²) in [5, 5.41) is 11.3. The quantitative estimate of drug-likeness (QED) is 0.119. The lowest BCUT2D eigenvalue weighted by molar-refractivity contribution is 0.140. The van der Waals surface area contributed by atoms with Crippen LogP contribution in [0.25, 0.3) is 43.1 Å². The molecule has 0 aliphatic carbocycles. The summed E-state index contributed by atoms with van der Waals surface area (Å²) in [6, 6.07) is 37.5. The van der Waals surface area contributed by atoms with Crippen molar-refractivity contribution in [1.82, 2.24) is 0 Å². The van der Waals surface area contributed by atoms with E-state index in [9.17, 15) is 0 Å². The zero-order valence-corrected chi connectivity index (χ0v) is 26.8. The third-order valence-electron chi connectivity index (χ3n) is 7.79. The van der Waals surface area contributed by atoms with E-state index in [1.165, 1.54) is 10.8 Å². The van der Waals surface area contributed by atoms with Gasteiger partial charge in [0.2, 0.25) is 0 Å². The Balaban J connectivity index is 0.000000168. The molecule has 0 bridgehead atoms. The summed E-state index contributed by atoms with van der Waals surface area (Å²) in [7, 11) is 4.07. The lowest BCUT2D eigenvalue weighted by atomic mass is 10.0. The number of hydrogen-bond acceptors (Lipinski definition) is 6. The molecular formula is C34H36O6Si2. The second kappa shape index (κ2) is 12.8. The van der Waals surface area contributed by atoms with Crippen molar-refractivity contribution >= 4 is 71.1 Å². The molecule has 0 saturated heterocycles. The van der Waals surface area contributed by atoms with Gasteiger partial charge in [-0.2, -0.15) is 0 Å². The molecule has 0 radical (unpaired) electrons. The second-order valence-electron chi connectivity index (χ2n) is 9.72. The molecule has 6 aromatic rings.